The molecule has 0 unspecified atom stereocenters. The minimum absolute atomic E-state index is 0.169. The van der Waals surface area contributed by atoms with Crippen LogP contribution in [0.1, 0.15) is 6.92 Å². The summed E-state index contributed by atoms with van der Waals surface area (Å²) in [5.74, 6) is -0.300. The zero-order valence-corrected chi connectivity index (χ0v) is 11.8. The average Bonchev–Trinajstić information content (AvgIpc) is 2.48. The number of aromatic nitrogens is 2. The van der Waals surface area contributed by atoms with Crippen molar-refractivity contribution in [2.45, 2.75) is 20.0 Å². The Morgan fingerprint density at radius 1 is 1.19 bits per heavy atom. The minimum atomic E-state index is -0.707. The number of carbonyl (C=O) groups is 1. The second kappa shape index (κ2) is 6.21. The topological polar surface area (TPSA) is 73.1 Å². The predicted octanol–water partition coefficient (Wildman–Crippen LogP) is 0.485. The van der Waals surface area contributed by atoms with E-state index in [9.17, 15) is 14.4 Å². The van der Waals surface area contributed by atoms with Gasteiger partial charge in [-0.15, -0.1) is 6.58 Å². The average molecular weight is 287 g/mol. The normalized spacial score (nSPS) is 10.5. The Morgan fingerprint density at radius 3 is 2.33 bits per heavy atom. The molecule has 2 rings (SSSR count). The van der Waals surface area contributed by atoms with Gasteiger partial charge in [-0.2, -0.15) is 0 Å². The van der Waals surface area contributed by atoms with Crippen molar-refractivity contribution in [3.8, 4) is 0 Å². The molecular formula is C15H17N3O3. The molecule has 0 aliphatic carbocycles. The van der Waals surface area contributed by atoms with Crippen LogP contribution in [0.15, 0.2) is 46.5 Å². The number of para-hydroxylation sites is 2. The highest BCUT2D eigenvalue weighted by Gasteiger charge is 2.14. The largest absolute Gasteiger partial charge is 0.355 e. The smallest absolute Gasteiger partial charge is 0.317 e. The molecule has 21 heavy (non-hydrogen) atoms. The fourth-order valence-corrected chi connectivity index (χ4v) is 2.23. The lowest BCUT2D eigenvalue weighted by molar-refractivity contribution is -0.121. The van der Waals surface area contributed by atoms with Crippen molar-refractivity contribution in [2.24, 2.45) is 0 Å². The van der Waals surface area contributed by atoms with Gasteiger partial charge in [0.2, 0.25) is 5.91 Å². The van der Waals surface area contributed by atoms with Gasteiger partial charge < -0.3 is 5.32 Å². The SMILES string of the molecule is C=CCn1c(=O)c(=O)n(CC(=O)NCC)c2ccccc21. The van der Waals surface area contributed by atoms with Gasteiger partial charge in [-0.1, -0.05) is 18.2 Å². The monoisotopic (exact) mass is 287 g/mol. The van der Waals surface area contributed by atoms with Crippen molar-refractivity contribution in [3.05, 3.63) is 57.6 Å². The van der Waals surface area contributed by atoms with Gasteiger partial charge in [0.25, 0.3) is 0 Å². The quantitative estimate of drug-likeness (QED) is 0.642. The standard InChI is InChI=1S/C15H17N3O3/c1-3-9-17-11-7-5-6-8-12(11)18(15(21)14(17)20)10-13(19)16-4-2/h3,5-8H,1,4,9-10H2,2H3,(H,16,19). The van der Waals surface area contributed by atoms with Gasteiger partial charge in [-0.05, 0) is 19.1 Å². The molecule has 6 heteroatoms. The van der Waals surface area contributed by atoms with E-state index >= 15 is 0 Å². The Kier molecular flexibility index (Phi) is 4.37. The third-order valence-electron chi connectivity index (χ3n) is 3.12. The first-order valence-corrected chi connectivity index (χ1v) is 6.70. The van der Waals surface area contributed by atoms with Crippen molar-refractivity contribution in [1.82, 2.24) is 14.5 Å². The fraction of sp³-hybridized carbons (Fsp3) is 0.267. The van der Waals surface area contributed by atoms with E-state index in [1.165, 1.54) is 9.13 Å². The zero-order chi connectivity index (χ0) is 15.4. The molecule has 0 radical (unpaired) electrons. The number of hydrogen-bond donors (Lipinski definition) is 1. The van der Waals surface area contributed by atoms with Gasteiger partial charge in [-0.3, -0.25) is 23.5 Å². The number of likely N-dealkylation sites (N-methyl/N-ethyl adjacent to an activating group) is 1. The minimum Gasteiger partial charge on any atom is -0.355 e. The molecule has 0 atom stereocenters. The Hall–Kier alpha value is -2.63. The van der Waals surface area contributed by atoms with Crippen LogP contribution in [0.2, 0.25) is 0 Å². The summed E-state index contributed by atoms with van der Waals surface area (Å²) in [6.07, 6.45) is 1.56. The summed E-state index contributed by atoms with van der Waals surface area (Å²) in [4.78, 5) is 36.2. The van der Waals surface area contributed by atoms with Gasteiger partial charge in [0, 0.05) is 13.1 Å². The molecule has 0 aliphatic rings. The lowest BCUT2D eigenvalue weighted by Gasteiger charge is -2.13. The molecule has 1 N–H and O–H groups in total. The summed E-state index contributed by atoms with van der Waals surface area (Å²) >= 11 is 0. The first-order chi connectivity index (χ1) is 10.1. The molecule has 6 nitrogen and oxygen atoms in total. The van der Waals surface area contributed by atoms with E-state index in [1.54, 1.807) is 37.3 Å². The summed E-state index contributed by atoms with van der Waals surface area (Å²) in [6, 6.07) is 7.00. The van der Waals surface area contributed by atoms with E-state index in [0.29, 0.717) is 17.6 Å². The Morgan fingerprint density at radius 2 is 1.76 bits per heavy atom. The maximum atomic E-state index is 12.2. The zero-order valence-electron chi connectivity index (χ0n) is 11.8. The summed E-state index contributed by atoms with van der Waals surface area (Å²) in [7, 11) is 0. The lowest BCUT2D eigenvalue weighted by atomic mass is 10.2. The number of nitrogens with one attached hydrogen (secondary N) is 1. The molecule has 110 valence electrons. The van der Waals surface area contributed by atoms with Crippen LogP contribution in [0, 0.1) is 0 Å². The van der Waals surface area contributed by atoms with Crippen molar-refractivity contribution in [3.63, 3.8) is 0 Å². The van der Waals surface area contributed by atoms with Crippen LogP contribution in [-0.4, -0.2) is 21.6 Å². The molecule has 1 aromatic carbocycles. The summed E-state index contributed by atoms with van der Waals surface area (Å²) < 4.78 is 2.57. The third kappa shape index (κ3) is 2.79. The number of nitrogens with zero attached hydrogens (tertiary/aromatic N) is 2. The highest BCUT2D eigenvalue weighted by molar-refractivity contribution is 5.80. The second-order valence-corrected chi connectivity index (χ2v) is 4.54. The van der Waals surface area contributed by atoms with Crippen molar-refractivity contribution in [1.29, 1.82) is 0 Å². The van der Waals surface area contributed by atoms with Crippen LogP contribution in [-0.2, 0) is 17.9 Å². The molecular weight excluding hydrogens is 270 g/mol. The Balaban J connectivity index is 2.72. The first kappa shape index (κ1) is 14.8. The van der Waals surface area contributed by atoms with E-state index in [2.05, 4.69) is 11.9 Å². The first-order valence-electron chi connectivity index (χ1n) is 6.70. The molecule has 1 amide bonds. The van der Waals surface area contributed by atoms with E-state index in [1.807, 2.05) is 0 Å². The van der Waals surface area contributed by atoms with E-state index in [0.717, 1.165) is 0 Å². The number of fused-ring (bicyclic) bond motifs is 1. The van der Waals surface area contributed by atoms with Crippen molar-refractivity contribution >= 4 is 16.9 Å². The molecule has 0 bridgehead atoms. The molecule has 0 fully saturated rings. The number of carbonyl (C=O) groups excluding carboxylic acids is 1. The van der Waals surface area contributed by atoms with Gasteiger partial charge in [0.15, 0.2) is 0 Å². The van der Waals surface area contributed by atoms with E-state index in [-0.39, 0.29) is 19.0 Å². The van der Waals surface area contributed by atoms with Crippen molar-refractivity contribution in [2.75, 3.05) is 6.54 Å². The second-order valence-electron chi connectivity index (χ2n) is 4.54. The number of allylic oxidation sites excluding steroid dienone is 1. The molecule has 1 aromatic heterocycles. The summed E-state index contributed by atoms with van der Waals surface area (Å²) in [5, 5.41) is 2.62. The highest BCUT2D eigenvalue weighted by atomic mass is 16.2. The molecule has 0 saturated heterocycles. The number of amides is 1. The molecule has 1 heterocycles. The van der Waals surface area contributed by atoms with Crippen molar-refractivity contribution < 1.29 is 4.79 Å². The molecule has 2 aromatic rings. The van der Waals surface area contributed by atoms with E-state index in [4.69, 9.17) is 0 Å². The highest BCUT2D eigenvalue weighted by Crippen LogP contribution is 2.10. The van der Waals surface area contributed by atoms with Gasteiger partial charge in [0.05, 0.1) is 11.0 Å². The lowest BCUT2D eigenvalue weighted by Crippen LogP contribution is -2.43. The summed E-state index contributed by atoms with van der Waals surface area (Å²) in [6.45, 7) is 5.94. The van der Waals surface area contributed by atoms with Crippen LogP contribution < -0.4 is 16.4 Å². The third-order valence-corrected chi connectivity index (χ3v) is 3.12. The Labute approximate surface area is 121 Å². The molecule has 0 saturated carbocycles. The molecule has 0 aliphatic heterocycles. The van der Waals surface area contributed by atoms with Gasteiger partial charge in [-0.25, -0.2) is 0 Å². The number of rotatable bonds is 5. The van der Waals surface area contributed by atoms with Crippen LogP contribution in [0.4, 0.5) is 0 Å². The summed E-state index contributed by atoms with van der Waals surface area (Å²) in [5.41, 5.74) is -0.207. The van der Waals surface area contributed by atoms with Crippen LogP contribution in [0.25, 0.3) is 11.0 Å². The molecule has 0 spiro atoms. The van der Waals surface area contributed by atoms with E-state index < -0.39 is 11.1 Å². The maximum Gasteiger partial charge on any atom is 0.317 e. The van der Waals surface area contributed by atoms with Gasteiger partial charge in [0.1, 0.15) is 6.54 Å². The predicted molar refractivity (Wildman–Crippen MR) is 81.3 cm³/mol. The van der Waals surface area contributed by atoms with Gasteiger partial charge >= 0.3 is 11.1 Å². The van der Waals surface area contributed by atoms with Crippen LogP contribution in [0.3, 0.4) is 0 Å². The van der Waals surface area contributed by atoms with Crippen LogP contribution >= 0.6 is 0 Å². The number of benzene rings is 1. The Bertz CT molecular complexity index is 802. The number of hydrogen-bond acceptors (Lipinski definition) is 3. The maximum absolute atomic E-state index is 12.2. The fourth-order valence-electron chi connectivity index (χ4n) is 2.23. The van der Waals surface area contributed by atoms with Crippen LogP contribution in [0.5, 0.6) is 0 Å².